The molecule has 1 rings (SSSR count). The zero-order valence-corrected chi connectivity index (χ0v) is 9.78. The highest BCUT2D eigenvalue weighted by molar-refractivity contribution is 5.97. The fourth-order valence-electron chi connectivity index (χ4n) is 1.71. The number of nitrogens with zero attached hydrogens (tertiary/aromatic N) is 3. The molecule has 5 nitrogen and oxygen atoms in total. The molecule has 1 aliphatic rings. The van der Waals surface area contributed by atoms with Crippen LogP contribution < -0.4 is 5.32 Å². The van der Waals surface area contributed by atoms with Crippen LogP contribution in [0.4, 0.5) is 0 Å². The lowest BCUT2D eigenvalue weighted by Gasteiger charge is -2.26. The van der Waals surface area contributed by atoms with Crippen molar-refractivity contribution in [1.29, 1.82) is 10.5 Å². The summed E-state index contributed by atoms with van der Waals surface area (Å²) >= 11 is 0. The first-order chi connectivity index (χ1) is 8.29. The van der Waals surface area contributed by atoms with Crippen LogP contribution in [0.3, 0.4) is 0 Å². The highest BCUT2D eigenvalue weighted by Crippen LogP contribution is 2.11. The molecule has 17 heavy (non-hydrogen) atoms. The van der Waals surface area contributed by atoms with E-state index in [1.807, 2.05) is 12.1 Å². The minimum absolute atomic E-state index is 0.116. The molecule has 1 N–H and O–H groups in total. The summed E-state index contributed by atoms with van der Waals surface area (Å²) in [5.41, 5.74) is 0.116. The smallest absolute Gasteiger partial charge is 0.265 e. The van der Waals surface area contributed by atoms with Gasteiger partial charge >= 0.3 is 0 Å². The summed E-state index contributed by atoms with van der Waals surface area (Å²) in [6.45, 7) is 1.92. The average molecular weight is 232 g/mol. The fourth-order valence-corrected chi connectivity index (χ4v) is 1.71. The second kappa shape index (κ2) is 7.29. The van der Waals surface area contributed by atoms with Gasteiger partial charge in [-0.15, -0.1) is 0 Å². The van der Waals surface area contributed by atoms with E-state index in [9.17, 15) is 4.79 Å². The predicted octanol–water partition coefficient (Wildman–Crippen LogP) is 0.910. The maximum atomic E-state index is 11.9. The third kappa shape index (κ3) is 4.16. The van der Waals surface area contributed by atoms with Gasteiger partial charge in [0.25, 0.3) is 5.91 Å². The Morgan fingerprint density at radius 3 is 2.59 bits per heavy atom. The first-order valence-corrected chi connectivity index (χ1v) is 5.79. The second-order valence-corrected chi connectivity index (χ2v) is 3.88. The first-order valence-electron chi connectivity index (χ1n) is 5.79. The number of likely N-dealkylation sites (tertiary alicyclic amines) is 1. The van der Waals surface area contributed by atoms with Crippen molar-refractivity contribution in [2.45, 2.75) is 25.7 Å². The summed E-state index contributed by atoms with van der Waals surface area (Å²) in [7, 11) is 0. The van der Waals surface area contributed by atoms with Crippen molar-refractivity contribution in [2.75, 3.05) is 19.6 Å². The Morgan fingerprint density at radius 2 is 2.00 bits per heavy atom. The van der Waals surface area contributed by atoms with Crippen LogP contribution in [0.25, 0.3) is 0 Å². The third-order valence-corrected chi connectivity index (χ3v) is 2.62. The van der Waals surface area contributed by atoms with Crippen LogP contribution in [0, 0.1) is 22.7 Å². The first kappa shape index (κ1) is 13.1. The summed E-state index contributed by atoms with van der Waals surface area (Å²) < 4.78 is 0. The summed E-state index contributed by atoms with van der Waals surface area (Å²) in [5.74, 6) is -0.211. The number of piperidine rings is 1. The number of nitriles is 2. The zero-order chi connectivity index (χ0) is 12.5. The number of hydrogen-bond donors (Lipinski definition) is 1. The van der Waals surface area contributed by atoms with E-state index in [0.717, 1.165) is 32.4 Å². The molecule has 90 valence electrons. The van der Waals surface area contributed by atoms with E-state index in [4.69, 9.17) is 10.5 Å². The molecule has 0 aromatic carbocycles. The van der Waals surface area contributed by atoms with Crippen LogP contribution >= 0.6 is 0 Å². The molecule has 0 unspecified atom stereocenters. The van der Waals surface area contributed by atoms with Gasteiger partial charge in [0.1, 0.15) is 11.6 Å². The lowest BCUT2D eigenvalue weighted by atomic mass is 10.1. The molecule has 0 bridgehead atoms. The molecule has 5 heteroatoms. The Kier molecular flexibility index (Phi) is 5.60. The van der Waals surface area contributed by atoms with Crippen molar-refractivity contribution in [3.8, 4) is 12.1 Å². The Balaban J connectivity index is 2.51. The Bertz CT molecular complexity index is 369. The number of hydrogen-bond acceptors (Lipinski definition) is 4. The molecule has 1 amide bonds. The number of carbonyl (C=O) groups excluding carboxylic acids is 1. The van der Waals surface area contributed by atoms with Gasteiger partial charge in [-0.3, -0.25) is 4.79 Å². The molecular formula is C12H16N4O. The topological polar surface area (TPSA) is 79.9 Å². The van der Waals surface area contributed by atoms with E-state index in [1.165, 1.54) is 6.20 Å². The van der Waals surface area contributed by atoms with Crippen molar-refractivity contribution in [3.05, 3.63) is 11.8 Å². The van der Waals surface area contributed by atoms with Gasteiger partial charge in [-0.1, -0.05) is 0 Å². The molecule has 0 aliphatic carbocycles. The number of rotatable bonds is 4. The molecule has 0 saturated carbocycles. The molecule has 1 saturated heterocycles. The van der Waals surface area contributed by atoms with Crippen molar-refractivity contribution in [1.82, 2.24) is 10.2 Å². The fraction of sp³-hybridized carbons (Fsp3) is 0.583. The van der Waals surface area contributed by atoms with Gasteiger partial charge in [0.05, 0.1) is 12.5 Å². The minimum Gasteiger partial charge on any atom is -0.389 e. The summed E-state index contributed by atoms with van der Waals surface area (Å²) in [5, 5.41) is 20.1. The van der Waals surface area contributed by atoms with Crippen LogP contribution in [0.5, 0.6) is 0 Å². The number of amides is 1. The van der Waals surface area contributed by atoms with E-state index in [-0.39, 0.29) is 11.5 Å². The standard InChI is InChI=1S/C12H16N4O/c13-5-4-6-15-10-11(9-14)12(17)16-7-2-1-3-8-16/h10,15H,1-4,6-8H2/b11-10-. The van der Waals surface area contributed by atoms with Gasteiger partial charge < -0.3 is 10.2 Å². The number of carbonyl (C=O) groups is 1. The Morgan fingerprint density at radius 1 is 1.29 bits per heavy atom. The van der Waals surface area contributed by atoms with Crippen LogP contribution in [0.1, 0.15) is 25.7 Å². The minimum atomic E-state index is -0.211. The van der Waals surface area contributed by atoms with Gasteiger partial charge in [-0.2, -0.15) is 10.5 Å². The third-order valence-electron chi connectivity index (χ3n) is 2.62. The van der Waals surface area contributed by atoms with Crippen LogP contribution in [0.2, 0.25) is 0 Å². The quantitative estimate of drug-likeness (QED) is 0.444. The van der Waals surface area contributed by atoms with E-state index in [2.05, 4.69) is 5.32 Å². The molecule has 0 spiro atoms. The monoisotopic (exact) mass is 232 g/mol. The molecular weight excluding hydrogens is 216 g/mol. The highest BCUT2D eigenvalue weighted by atomic mass is 16.2. The number of nitrogens with one attached hydrogen (secondary N) is 1. The highest BCUT2D eigenvalue weighted by Gasteiger charge is 2.19. The van der Waals surface area contributed by atoms with Crippen LogP contribution in [-0.2, 0) is 4.79 Å². The molecule has 0 aromatic heterocycles. The van der Waals surface area contributed by atoms with E-state index < -0.39 is 0 Å². The average Bonchev–Trinajstić information content (AvgIpc) is 2.39. The molecule has 0 atom stereocenters. The SMILES string of the molecule is N#CCCN/C=C(/C#N)C(=O)N1CCCCC1. The van der Waals surface area contributed by atoms with E-state index in [1.54, 1.807) is 4.90 Å². The normalized spacial score (nSPS) is 15.9. The van der Waals surface area contributed by atoms with Crippen LogP contribution in [-0.4, -0.2) is 30.4 Å². The van der Waals surface area contributed by atoms with Crippen molar-refractivity contribution in [3.63, 3.8) is 0 Å². The van der Waals surface area contributed by atoms with Gasteiger partial charge in [0.2, 0.25) is 0 Å². The van der Waals surface area contributed by atoms with Crippen molar-refractivity contribution in [2.24, 2.45) is 0 Å². The van der Waals surface area contributed by atoms with E-state index in [0.29, 0.717) is 13.0 Å². The summed E-state index contributed by atoms with van der Waals surface area (Å²) in [4.78, 5) is 13.6. The van der Waals surface area contributed by atoms with Gasteiger partial charge in [0, 0.05) is 25.8 Å². The molecule has 1 fully saturated rings. The van der Waals surface area contributed by atoms with Gasteiger partial charge in [-0.05, 0) is 19.3 Å². The maximum absolute atomic E-state index is 11.9. The lowest BCUT2D eigenvalue weighted by molar-refractivity contribution is -0.127. The Labute approximate surface area is 101 Å². The van der Waals surface area contributed by atoms with Gasteiger partial charge in [-0.25, -0.2) is 0 Å². The van der Waals surface area contributed by atoms with Crippen molar-refractivity contribution < 1.29 is 4.79 Å². The maximum Gasteiger partial charge on any atom is 0.265 e. The summed E-state index contributed by atoms with van der Waals surface area (Å²) in [6.07, 6.45) is 4.93. The Hall–Kier alpha value is -2.01. The van der Waals surface area contributed by atoms with E-state index >= 15 is 0 Å². The molecule has 1 heterocycles. The zero-order valence-electron chi connectivity index (χ0n) is 9.78. The second-order valence-electron chi connectivity index (χ2n) is 3.88. The molecule has 0 aromatic rings. The van der Waals surface area contributed by atoms with Crippen molar-refractivity contribution >= 4 is 5.91 Å². The lowest BCUT2D eigenvalue weighted by Crippen LogP contribution is -2.36. The largest absolute Gasteiger partial charge is 0.389 e. The van der Waals surface area contributed by atoms with Crippen LogP contribution in [0.15, 0.2) is 11.8 Å². The van der Waals surface area contributed by atoms with Gasteiger partial charge in [0.15, 0.2) is 0 Å². The summed E-state index contributed by atoms with van der Waals surface area (Å²) in [6, 6.07) is 3.88. The molecule has 1 aliphatic heterocycles. The molecule has 0 radical (unpaired) electrons. The predicted molar refractivity (Wildman–Crippen MR) is 62.4 cm³/mol.